The molecule has 0 saturated heterocycles. The monoisotopic (exact) mass is 381 g/mol. The molecule has 0 atom stereocenters. The lowest BCUT2D eigenvalue weighted by molar-refractivity contribution is -0.137. The lowest BCUT2D eigenvalue weighted by Gasteiger charge is -2.18. The number of ketones is 1. The van der Waals surface area contributed by atoms with Gasteiger partial charge in [0.05, 0.1) is 12.2 Å². The first-order chi connectivity index (χ1) is 12.9. The number of aromatic nitrogens is 2. The number of anilines is 3. The van der Waals surface area contributed by atoms with Gasteiger partial charge in [0, 0.05) is 30.9 Å². The zero-order valence-electron chi connectivity index (χ0n) is 14.3. The van der Waals surface area contributed by atoms with Crippen molar-refractivity contribution in [1.29, 1.82) is 0 Å². The number of rotatable bonds is 6. The number of ether oxygens (including phenoxy) is 1. The molecule has 1 aliphatic rings. The highest BCUT2D eigenvalue weighted by Crippen LogP contribution is 2.34. The fourth-order valence-corrected chi connectivity index (χ4v) is 2.56. The maximum Gasteiger partial charge on any atom is 0.421 e. The van der Waals surface area contributed by atoms with Crippen molar-refractivity contribution in [3.05, 3.63) is 35.5 Å². The number of nitrogens with one attached hydrogen (secondary N) is 2. The van der Waals surface area contributed by atoms with Crippen LogP contribution >= 0.6 is 0 Å². The Morgan fingerprint density at radius 2 is 2.11 bits per heavy atom. The number of nitrogens with zero attached hydrogens (tertiary/aromatic N) is 2. The molecular weight excluding hydrogens is 363 g/mol. The van der Waals surface area contributed by atoms with Gasteiger partial charge in [-0.3, -0.25) is 4.79 Å². The van der Waals surface area contributed by atoms with Crippen LogP contribution in [-0.4, -0.2) is 35.4 Å². The van der Waals surface area contributed by atoms with Gasteiger partial charge in [-0.15, -0.1) is 0 Å². The number of alkyl halides is 3. The first kappa shape index (κ1) is 18.9. The van der Waals surface area contributed by atoms with Crippen LogP contribution in [0.1, 0.15) is 28.8 Å². The second-order valence-corrected chi connectivity index (χ2v) is 5.88. The molecule has 2 aromatic rings. The van der Waals surface area contributed by atoms with Crippen LogP contribution in [0.15, 0.2) is 24.4 Å². The molecule has 0 bridgehead atoms. The van der Waals surface area contributed by atoms with Crippen LogP contribution in [0.4, 0.5) is 30.6 Å². The van der Waals surface area contributed by atoms with Crippen LogP contribution in [0.25, 0.3) is 0 Å². The second-order valence-electron chi connectivity index (χ2n) is 5.88. The lowest BCUT2D eigenvalue weighted by Crippen LogP contribution is -2.17. The van der Waals surface area contributed by atoms with Crippen molar-refractivity contribution < 1.29 is 22.7 Å². The summed E-state index contributed by atoms with van der Waals surface area (Å²) in [5, 5.41) is 5.47. The van der Waals surface area contributed by atoms with E-state index < -0.39 is 11.7 Å². The Morgan fingerprint density at radius 3 is 2.85 bits per heavy atom. The Balaban J connectivity index is 1.84. The van der Waals surface area contributed by atoms with Crippen molar-refractivity contribution in [2.45, 2.75) is 19.0 Å². The third-order valence-corrected chi connectivity index (χ3v) is 3.89. The van der Waals surface area contributed by atoms with Crippen LogP contribution in [0.5, 0.6) is 5.75 Å². The van der Waals surface area contributed by atoms with Crippen molar-refractivity contribution in [2.24, 2.45) is 5.73 Å². The predicted molar refractivity (Wildman–Crippen MR) is 93.4 cm³/mol. The molecule has 1 aromatic heterocycles. The van der Waals surface area contributed by atoms with Crippen LogP contribution in [0, 0.1) is 0 Å². The summed E-state index contributed by atoms with van der Waals surface area (Å²) in [5.41, 5.74) is 5.39. The minimum atomic E-state index is -4.58. The SMILES string of the molecule is NCCCNc1nc(Nc2ccc3c(c2)OCCC3=O)ncc1C(F)(F)F. The fraction of sp³-hybridized carbons (Fsp3) is 0.353. The molecule has 0 saturated carbocycles. The molecule has 7 nitrogen and oxygen atoms in total. The van der Waals surface area contributed by atoms with Gasteiger partial charge < -0.3 is 21.1 Å². The van der Waals surface area contributed by atoms with Crippen LogP contribution < -0.4 is 21.1 Å². The third-order valence-electron chi connectivity index (χ3n) is 3.89. The molecule has 4 N–H and O–H groups in total. The Bertz CT molecular complexity index is 842. The molecule has 0 aliphatic carbocycles. The smallest absolute Gasteiger partial charge is 0.421 e. The molecule has 1 aromatic carbocycles. The number of carbonyl (C=O) groups excluding carboxylic acids is 1. The predicted octanol–water partition coefficient (Wildman–Crippen LogP) is 2.96. The highest BCUT2D eigenvalue weighted by Gasteiger charge is 2.35. The van der Waals surface area contributed by atoms with Gasteiger partial charge in [-0.1, -0.05) is 0 Å². The Morgan fingerprint density at radius 1 is 1.30 bits per heavy atom. The fourth-order valence-electron chi connectivity index (χ4n) is 2.56. The van der Waals surface area contributed by atoms with E-state index in [1.165, 1.54) is 0 Å². The molecule has 0 spiro atoms. The molecule has 0 fully saturated rings. The highest BCUT2D eigenvalue weighted by molar-refractivity contribution is 6.00. The average molecular weight is 381 g/mol. The van der Waals surface area contributed by atoms with Crippen molar-refractivity contribution in [1.82, 2.24) is 9.97 Å². The summed E-state index contributed by atoms with van der Waals surface area (Å²) in [6, 6.07) is 4.81. The minimum Gasteiger partial charge on any atom is -0.492 e. The molecule has 0 amide bonds. The standard InChI is InChI=1S/C17H18F3N5O2/c18-17(19,20)12-9-23-16(25-15(12)22-6-1-5-21)24-10-2-3-11-13(26)4-7-27-14(11)8-10/h2-3,8-9H,1,4-7,21H2,(H2,22,23,24,25). The van der Waals surface area contributed by atoms with E-state index in [9.17, 15) is 18.0 Å². The number of carbonyl (C=O) groups is 1. The number of Topliss-reactive ketones (excluding diaryl/α,β-unsaturated/α-hetero) is 1. The van der Waals surface area contributed by atoms with Crippen molar-refractivity contribution in [3.8, 4) is 5.75 Å². The molecule has 2 heterocycles. The number of halogens is 3. The first-order valence-electron chi connectivity index (χ1n) is 8.33. The molecule has 144 valence electrons. The van der Waals surface area contributed by atoms with Crippen molar-refractivity contribution >= 4 is 23.2 Å². The van der Waals surface area contributed by atoms with Gasteiger partial charge in [-0.2, -0.15) is 18.2 Å². The summed E-state index contributed by atoms with van der Waals surface area (Å²) in [6.45, 7) is 0.893. The van der Waals surface area contributed by atoms with Gasteiger partial charge in [0.25, 0.3) is 0 Å². The van der Waals surface area contributed by atoms with Gasteiger partial charge in [-0.05, 0) is 25.1 Å². The summed E-state index contributed by atoms with van der Waals surface area (Å²) >= 11 is 0. The van der Waals surface area contributed by atoms with Crippen LogP contribution in [0.2, 0.25) is 0 Å². The number of hydrogen-bond donors (Lipinski definition) is 3. The molecular formula is C17H18F3N5O2. The Labute approximate surface area is 153 Å². The van der Waals surface area contributed by atoms with Gasteiger partial charge in [-0.25, -0.2) is 4.98 Å². The molecule has 3 rings (SSSR count). The number of benzene rings is 1. The summed E-state index contributed by atoms with van der Waals surface area (Å²) < 4.78 is 44.8. The first-order valence-corrected chi connectivity index (χ1v) is 8.33. The summed E-state index contributed by atoms with van der Waals surface area (Å²) in [5.74, 6) is 0.0719. The van der Waals surface area contributed by atoms with Gasteiger partial charge in [0.1, 0.15) is 17.1 Å². The molecule has 27 heavy (non-hydrogen) atoms. The van der Waals surface area contributed by atoms with E-state index in [0.717, 1.165) is 6.20 Å². The minimum absolute atomic E-state index is 0.0136. The summed E-state index contributed by atoms with van der Waals surface area (Å²) in [4.78, 5) is 19.5. The second kappa shape index (κ2) is 7.78. The van der Waals surface area contributed by atoms with Crippen molar-refractivity contribution in [3.63, 3.8) is 0 Å². The molecule has 0 unspecified atom stereocenters. The molecule has 10 heteroatoms. The van der Waals surface area contributed by atoms with Gasteiger partial charge in [0.2, 0.25) is 5.95 Å². The highest BCUT2D eigenvalue weighted by atomic mass is 19.4. The van der Waals surface area contributed by atoms with E-state index >= 15 is 0 Å². The number of nitrogens with two attached hydrogens (primary N) is 1. The Hall–Kier alpha value is -2.88. The van der Waals surface area contributed by atoms with Crippen molar-refractivity contribution in [2.75, 3.05) is 30.3 Å². The van der Waals surface area contributed by atoms with E-state index in [0.29, 0.717) is 43.0 Å². The summed E-state index contributed by atoms with van der Waals surface area (Å²) in [7, 11) is 0. The number of hydrogen-bond acceptors (Lipinski definition) is 7. The summed E-state index contributed by atoms with van der Waals surface area (Å²) in [6.07, 6.45) is -3.04. The topological polar surface area (TPSA) is 102 Å². The normalized spacial score (nSPS) is 13.7. The van der Waals surface area contributed by atoms with E-state index in [4.69, 9.17) is 10.5 Å². The van der Waals surface area contributed by atoms with Crippen LogP contribution in [-0.2, 0) is 6.18 Å². The van der Waals surface area contributed by atoms with E-state index in [1.54, 1.807) is 18.2 Å². The zero-order valence-corrected chi connectivity index (χ0v) is 14.3. The Kier molecular flexibility index (Phi) is 5.45. The van der Waals surface area contributed by atoms with E-state index in [1.807, 2.05) is 0 Å². The maximum atomic E-state index is 13.1. The molecule has 1 aliphatic heterocycles. The third kappa shape index (κ3) is 4.45. The van der Waals surface area contributed by atoms with E-state index in [2.05, 4.69) is 20.6 Å². The largest absolute Gasteiger partial charge is 0.492 e. The molecule has 0 radical (unpaired) electrons. The maximum absolute atomic E-state index is 13.1. The zero-order chi connectivity index (χ0) is 19.4. The lowest BCUT2D eigenvalue weighted by atomic mass is 10.0. The quantitative estimate of drug-likeness (QED) is 0.661. The van der Waals surface area contributed by atoms with E-state index in [-0.39, 0.29) is 24.1 Å². The average Bonchev–Trinajstić information content (AvgIpc) is 2.61. The number of fused-ring (bicyclic) bond motifs is 1. The van der Waals surface area contributed by atoms with Gasteiger partial charge in [0.15, 0.2) is 5.78 Å². The van der Waals surface area contributed by atoms with Gasteiger partial charge >= 0.3 is 6.18 Å². The van der Waals surface area contributed by atoms with Crippen LogP contribution in [0.3, 0.4) is 0 Å².